The van der Waals surface area contributed by atoms with Crippen molar-refractivity contribution in [3.05, 3.63) is 29.7 Å². The molecule has 1 aromatic heterocycles. The van der Waals surface area contributed by atoms with Gasteiger partial charge in [0.15, 0.2) is 5.69 Å². The van der Waals surface area contributed by atoms with Crippen molar-refractivity contribution in [1.29, 1.82) is 0 Å². The van der Waals surface area contributed by atoms with Crippen LogP contribution in [-0.2, 0) is 0 Å². The Bertz CT molecular complexity index is 603. The molecule has 1 heterocycles. The molecular formula is C12H11NO5. The number of aromatic carboxylic acids is 1. The van der Waals surface area contributed by atoms with Crippen molar-refractivity contribution in [3.63, 3.8) is 0 Å². The third kappa shape index (κ3) is 2.00. The number of benzene rings is 1. The molecule has 18 heavy (non-hydrogen) atoms. The van der Waals surface area contributed by atoms with Gasteiger partial charge >= 0.3 is 5.97 Å². The van der Waals surface area contributed by atoms with Crippen LogP contribution in [0.2, 0.25) is 0 Å². The second kappa shape index (κ2) is 4.40. The van der Waals surface area contributed by atoms with Gasteiger partial charge in [0, 0.05) is 0 Å². The first-order chi connectivity index (χ1) is 8.52. The predicted octanol–water partition coefficient (Wildman–Crippen LogP) is 2.06. The molecular weight excluding hydrogens is 238 g/mol. The van der Waals surface area contributed by atoms with Gasteiger partial charge in [-0.1, -0.05) is 0 Å². The molecule has 0 aliphatic heterocycles. The molecule has 0 saturated heterocycles. The lowest BCUT2D eigenvalue weighted by molar-refractivity contribution is 0.0689. The van der Waals surface area contributed by atoms with Gasteiger partial charge in [0.1, 0.15) is 17.3 Å². The van der Waals surface area contributed by atoms with E-state index in [-0.39, 0.29) is 28.7 Å². The molecule has 0 bridgehead atoms. The topological polar surface area (TPSA) is 92.8 Å². The molecule has 0 spiro atoms. The summed E-state index contributed by atoms with van der Waals surface area (Å²) in [5.74, 6) is -0.504. The van der Waals surface area contributed by atoms with E-state index in [0.29, 0.717) is 5.75 Å². The summed E-state index contributed by atoms with van der Waals surface area (Å²) in [7, 11) is 1.49. The van der Waals surface area contributed by atoms with Crippen LogP contribution < -0.4 is 4.74 Å². The number of hydrogen-bond acceptors (Lipinski definition) is 5. The zero-order valence-electron chi connectivity index (χ0n) is 9.80. The first-order valence-electron chi connectivity index (χ1n) is 5.11. The summed E-state index contributed by atoms with van der Waals surface area (Å²) in [4.78, 5) is 14.7. The van der Waals surface area contributed by atoms with Gasteiger partial charge in [-0.05, 0) is 25.1 Å². The van der Waals surface area contributed by atoms with Crippen LogP contribution in [0.4, 0.5) is 0 Å². The van der Waals surface area contributed by atoms with Gasteiger partial charge in [0.05, 0.1) is 12.7 Å². The SMILES string of the molecule is COc1ccc(O)c(-c2nc(C(=O)O)c(C)o2)c1. The minimum atomic E-state index is -1.18. The Morgan fingerprint density at radius 1 is 1.44 bits per heavy atom. The Labute approximate surface area is 102 Å². The number of carboxylic acids is 1. The molecule has 0 aliphatic carbocycles. The first kappa shape index (κ1) is 12.0. The van der Waals surface area contributed by atoms with Crippen LogP contribution in [-0.4, -0.2) is 28.3 Å². The van der Waals surface area contributed by atoms with Gasteiger partial charge in [0.25, 0.3) is 0 Å². The Morgan fingerprint density at radius 3 is 2.72 bits per heavy atom. The molecule has 6 nitrogen and oxygen atoms in total. The summed E-state index contributed by atoms with van der Waals surface area (Å²) in [6.45, 7) is 1.50. The third-order valence-electron chi connectivity index (χ3n) is 2.43. The lowest BCUT2D eigenvalue weighted by Gasteiger charge is -2.03. The third-order valence-corrected chi connectivity index (χ3v) is 2.43. The maximum absolute atomic E-state index is 10.9. The van der Waals surface area contributed by atoms with E-state index >= 15 is 0 Å². The van der Waals surface area contributed by atoms with Crippen LogP contribution in [0.5, 0.6) is 11.5 Å². The quantitative estimate of drug-likeness (QED) is 0.864. The fourth-order valence-corrected chi connectivity index (χ4v) is 1.52. The molecule has 0 unspecified atom stereocenters. The van der Waals surface area contributed by atoms with E-state index in [2.05, 4.69) is 4.98 Å². The standard InChI is InChI=1S/C12H11NO5/c1-6-10(12(15)16)13-11(18-6)8-5-7(17-2)3-4-9(8)14/h3-5,14H,1-2H3,(H,15,16). The molecule has 0 saturated carbocycles. The van der Waals surface area contributed by atoms with Gasteiger partial charge < -0.3 is 19.4 Å². The minimum absolute atomic E-state index is 0.0429. The van der Waals surface area contributed by atoms with E-state index in [1.807, 2.05) is 0 Å². The molecule has 2 rings (SSSR count). The van der Waals surface area contributed by atoms with Crippen molar-refractivity contribution in [2.45, 2.75) is 6.92 Å². The smallest absolute Gasteiger partial charge is 0.358 e. The van der Waals surface area contributed by atoms with Crippen LogP contribution in [0.1, 0.15) is 16.2 Å². The van der Waals surface area contributed by atoms with Crippen molar-refractivity contribution >= 4 is 5.97 Å². The van der Waals surface area contributed by atoms with Crippen LogP contribution in [0.15, 0.2) is 22.6 Å². The first-order valence-corrected chi connectivity index (χ1v) is 5.11. The number of phenolic OH excluding ortho intramolecular Hbond substituents is 1. The van der Waals surface area contributed by atoms with Gasteiger partial charge in [0.2, 0.25) is 5.89 Å². The van der Waals surface area contributed by atoms with Crippen molar-refractivity contribution in [2.75, 3.05) is 7.11 Å². The predicted molar refractivity (Wildman–Crippen MR) is 61.9 cm³/mol. The van der Waals surface area contributed by atoms with Crippen molar-refractivity contribution in [2.24, 2.45) is 0 Å². The number of carboxylic acid groups (broad SMARTS) is 1. The molecule has 2 aromatic rings. The Hall–Kier alpha value is -2.50. The molecule has 6 heteroatoms. The highest BCUT2D eigenvalue weighted by Gasteiger charge is 2.19. The maximum Gasteiger partial charge on any atom is 0.358 e. The number of aromatic nitrogens is 1. The number of phenols is 1. The number of rotatable bonds is 3. The molecule has 0 atom stereocenters. The Balaban J connectivity index is 2.54. The number of ether oxygens (including phenoxy) is 1. The van der Waals surface area contributed by atoms with E-state index in [0.717, 1.165) is 0 Å². The van der Waals surface area contributed by atoms with Gasteiger partial charge in [-0.2, -0.15) is 0 Å². The number of aromatic hydroxyl groups is 1. The lowest BCUT2D eigenvalue weighted by atomic mass is 10.2. The van der Waals surface area contributed by atoms with E-state index in [1.54, 1.807) is 6.07 Å². The Morgan fingerprint density at radius 2 is 2.17 bits per heavy atom. The van der Waals surface area contributed by atoms with Crippen molar-refractivity contribution in [3.8, 4) is 23.0 Å². The van der Waals surface area contributed by atoms with E-state index in [4.69, 9.17) is 14.3 Å². The zero-order valence-corrected chi connectivity index (χ0v) is 9.80. The highest BCUT2D eigenvalue weighted by molar-refractivity contribution is 5.87. The summed E-state index contributed by atoms with van der Waals surface area (Å²) in [6.07, 6.45) is 0. The number of methoxy groups -OCH3 is 1. The van der Waals surface area contributed by atoms with Crippen LogP contribution in [0.25, 0.3) is 11.5 Å². The van der Waals surface area contributed by atoms with Crippen LogP contribution in [0, 0.1) is 6.92 Å². The summed E-state index contributed by atoms with van der Waals surface area (Å²) in [6, 6.07) is 4.52. The largest absolute Gasteiger partial charge is 0.507 e. The van der Waals surface area contributed by atoms with E-state index in [1.165, 1.54) is 26.2 Å². The summed E-state index contributed by atoms with van der Waals surface area (Å²) in [5.41, 5.74) is 0.108. The molecule has 1 aromatic carbocycles. The maximum atomic E-state index is 10.9. The molecule has 0 amide bonds. The number of aryl methyl sites for hydroxylation is 1. The van der Waals surface area contributed by atoms with Crippen molar-refractivity contribution < 1.29 is 24.2 Å². The van der Waals surface area contributed by atoms with Gasteiger partial charge in [-0.3, -0.25) is 0 Å². The second-order valence-electron chi connectivity index (χ2n) is 3.61. The van der Waals surface area contributed by atoms with E-state index < -0.39 is 5.97 Å². The van der Waals surface area contributed by atoms with Gasteiger partial charge in [-0.25, -0.2) is 9.78 Å². The normalized spacial score (nSPS) is 10.3. The summed E-state index contributed by atoms with van der Waals surface area (Å²) in [5, 5.41) is 18.6. The molecule has 0 radical (unpaired) electrons. The summed E-state index contributed by atoms with van der Waals surface area (Å²) >= 11 is 0. The Kier molecular flexibility index (Phi) is 2.93. The molecule has 0 fully saturated rings. The zero-order chi connectivity index (χ0) is 13.3. The number of nitrogens with zero attached hydrogens (tertiary/aromatic N) is 1. The number of hydrogen-bond donors (Lipinski definition) is 2. The highest BCUT2D eigenvalue weighted by Crippen LogP contribution is 2.32. The average Bonchev–Trinajstić information content (AvgIpc) is 2.72. The second-order valence-corrected chi connectivity index (χ2v) is 3.61. The molecule has 2 N–H and O–H groups in total. The minimum Gasteiger partial charge on any atom is -0.507 e. The highest BCUT2D eigenvalue weighted by atomic mass is 16.5. The van der Waals surface area contributed by atoms with Crippen LogP contribution >= 0.6 is 0 Å². The van der Waals surface area contributed by atoms with E-state index in [9.17, 15) is 9.90 Å². The monoisotopic (exact) mass is 249 g/mol. The lowest BCUT2D eigenvalue weighted by Crippen LogP contribution is -1.98. The van der Waals surface area contributed by atoms with Crippen molar-refractivity contribution in [1.82, 2.24) is 4.98 Å². The molecule has 0 aliphatic rings. The van der Waals surface area contributed by atoms with Crippen LogP contribution in [0.3, 0.4) is 0 Å². The number of carbonyl (C=O) groups is 1. The fraction of sp³-hybridized carbons (Fsp3) is 0.167. The average molecular weight is 249 g/mol. The molecule has 94 valence electrons. The number of oxazole rings is 1. The van der Waals surface area contributed by atoms with Gasteiger partial charge in [-0.15, -0.1) is 0 Å². The fourth-order valence-electron chi connectivity index (χ4n) is 1.52. The summed E-state index contributed by atoms with van der Waals surface area (Å²) < 4.78 is 10.3.